The predicted molar refractivity (Wildman–Crippen MR) is 118 cm³/mol. The summed E-state index contributed by atoms with van der Waals surface area (Å²) in [6.07, 6.45) is 3.83. The van der Waals surface area contributed by atoms with Crippen LogP contribution in [0.5, 0.6) is 11.5 Å². The maximum Gasteiger partial charge on any atom is 0.258 e. The Bertz CT molecular complexity index is 1020. The van der Waals surface area contributed by atoms with Gasteiger partial charge in [0.25, 0.3) is 5.91 Å². The first kappa shape index (κ1) is 20.2. The molecule has 7 nitrogen and oxygen atoms in total. The first-order valence-electron chi connectivity index (χ1n) is 10.4. The van der Waals surface area contributed by atoms with Gasteiger partial charge in [0, 0.05) is 18.7 Å². The molecule has 1 fully saturated rings. The number of fused-ring (bicyclic) bond motifs is 1. The molecule has 1 amide bonds. The number of para-hydroxylation sites is 2. The van der Waals surface area contributed by atoms with E-state index in [-0.39, 0.29) is 5.91 Å². The third-order valence-electron chi connectivity index (χ3n) is 5.61. The molecule has 158 valence electrons. The highest BCUT2D eigenvalue weighted by molar-refractivity contribution is 6.04. The molecule has 1 saturated heterocycles. The number of likely N-dealkylation sites (tertiary alicyclic amines) is 1. The zero-order valence-electron chi connectivity index (χ0n) is 17.6. The first-order valence-corrected chi connectivity index (χ1v) is 10.4. The SMILES string of the molecule is COc1ccc(C(=O)Nc2nc3ccccc3n2CCN2CCCCC2)cc1OC. The van der Waals surface area contributed by atoms with Crippen LogP contribution >= 0.6 is 0 Å². The summed E-state index contributed by atoms with van der Waals surface area (Å²) in [5, 5.41) is 2.99. The number of methoxy groups -OCH3 is 2. The van der Waals surface area contributed by atoms with E-state index in [1.54, 1.807) is 32.4 Å². The van der Waals surface area contributed by atoms with E-state index in [4.69, 9.17) is 9.47 Å². The van der Waals surface area contributed by atoms with Crippen molar-refractivity contribution in [3.05, 3.63) is 48.0 Å². The van der Waals surface area contributed by atoms with Crippen molar-refractivity contribution in [2.45, 2.75) is 25.8 Å². The minimum atomic E-state index is -0.231. The molecule has 0 saturated carbocycles. The van der Waals surface area contributed by atoms with E-state index >= 15 is 0 Å². The summed E-state index contributed by atoms with van der Waals surface area (Å²) in [6, 6.07) is 13.1. The van der Waals surface area contributed by atoms with Crippen LogP contribution in [0.4, 0.5) is 5.95 Å². The number of ether oxygens (including phenoxy) is 2. The number of hydrogen-bond acceptors (Lipinski definition) is 5. The number of anilines is 1. The highest BCUT2D eigenvalue weighted by atomic mass is 16.5. The van der Waals surface area contributed by atoms with Crippen molar-refractivity contribution in [2.75, 3.05) is 39.2 Å². The zero-order chi connectivity index (χ0) is 20.9. The standard InChI is InChI=1S/C23H28N4O3/c1-29-20-11-10-17(16-21(20)30-2)22(28)25-23-24-18-8-4-5-9-19(18)27(23)15-14-26-12-6-3-7-13-26/h4-5,8-11,16H,3,6-7,12-15H2,1-2H3,(H,24,25,28). The molecule has 4 rings (SSSR count). The smallest absolute Gasteiger partial charge is 0.258 e. The van der Waals surface area contributed by atoms with Crippen molar-refractivity contribution in [1.82, 2.24) is 14.5 Å². The van der Waals surface area contributed by atoms with Gasteiger partial charge in [-0.05, 0) is 56.3 Å². The number of amides is 1. The van der Waals surface area contributed by atoms with Gasteiger partial charge in [0.15, 0.2) is 11.5 Å². The second-order valence-electron chi connectivity index (χ2n) is 7.50. The number of carbonyl (C=O) groups excluding carboxylic acids is 1. The average Bonchev–Trinajstić information content (AvgIpc) is 3.14. The second kappa shape index (κ2) is 9.17. The lowest BCUT2D eigenvalue weighted by Gasteiger charge is -2.26. The van der Waals surface area contributed by atoms with Gasteiger partial charge in [-0.15, -0.1) is 0 Å². The summed E-state index contributed by atoms with van der Waals surface area (Å²) in [6.45, 7) is 4.00. The third-order valence-corrected chi connectivity index (χ3v) is 5.61. The summed E-state index contributed by atoms with van der Waals surface area (Å²) >= 11 is 0. The fourth-order valence-corrected chi connectivity index (χ4v) is 3.97. The molecule has 2 aromatic carbocycles. The van der Waals surface area contributed by atoms with E-state index in [0.717, 1.165) is 37.2 Å². The molecule has 0 spiro atoms. The van der Waals surface area contributed by atoms with Crippen LogP contribution in [-0.4, -0.2) is 54.2 Å². The number of carbonyl (C=O) groups is 1. The maximum absolute atomic E-state index is 12.9. The topological polar surface area (TPSA) is 68.6 Å². The van der Waals surface area contributed by atoms with E-state index < -0.39 is 0 Å². The van der Waals surface area contributed by atoms with Gasteiger partial charge >= 0.3 is 0 Å². The lowest BCUT2D eigenvalue weighted by atomic mass is 10.1. The monoisotopic (exact) mass is 408 g/mol. The number of imidazole rings is 1. The Kier molecular flexibility index (Phi) is 6.18. The third kappa shape index (κ3) is 4.26. The highest BCUT2D eigenvalue weighted by Crippen LogP contribution is 2.28. The molecule has 0 atom stereocenters. The molecule has 2 heterocycles. The molecule has 1 aliphatic rings. The highest BCUT2D eigenvalue weighted by Gasteiger charge is 2.17. The summed E-state index contributed by atoms with van der Waals surface area (Å²) in [4.78, 5) is 20.1. The van der Waals surface area contributed by atoms with Gasteiger partial charge in [0.1, 0.15) is 0 Å². The Balaban J connectivity index is 1.57. The van der Waals surface area contributed by atoms with Crippen molar-refractivity contribution >= 4 is 22.9 Å². The minimum Gasteiger partial charge on any atom is -0.493 e. The van der Waals surface area contributed by atoms with Gasteiger partial charge < -0.3 is 18.9 Å². The molecular weight excluding hydrogens is 380 g/mol. The van der Waals surface area contributed by atoms with Crippen molar-refractivity contribution in [3.63, 3.8) is 0 Å². The Morgan fingerprint density at radius 1 is 1.00 bits per heavy atom. The van der Waals surface area contributed by atoms with Crippen LogP contribution in [0, 0.1) is 0 Å². The average molecular weight is 409 g/mol. The molecular formula is C23H28N4O3. The van der Waals surface area contributed by atoms with Crippen molar-refractivity contribution in [1.29, 1.82) is 0 Å². The number of hydrogen-bond donors (Lipinski definition) is 1. The Hall–Kier alpha value is -3.06. The number of piperidine rings is 1. The predicted octanol–water partition coefficient (Wildman–Crippen LogP) is 3.79. The van der Waals surface area contributed by atoms with Gasteiger partial charge in [0.2, 0.25) is 5.95 Å². The van der Waals surface area contributed by atoms with Crippen molar-refractivity contribution < 1.29 is 14.3 Å². The fraction of sp³-hybridized carbons (Fsp3) is 0.391. The molecule has 7 heteroatoms. The van der Waals surface area contributed by atoms with Crippen LogP contribution in [0.1, 0.15) is 29.6 Å². The molecule has 0 unspecified atom stereocenters. The van der Waals surface area contributed by atoms with Crippen molar-refractivity contribution in [2.24, 2.45) is 0 Å². The van der Waals surface area contributed by atoms with Crippen LogP contribution in [-0.2, 0) is 6.54 Å². The van der Waals surface area contributed by atoms with Gasteiger partial charge in [-0.1, -0.05) is 18.6 Å². The van der Waals surface area contributed by atoms with Crippen LogP contribution in [0.15, 0.2) is 42.5 Å². The maximum atomic E-state index is 12.9. The van der Waals surface area contributed by atoms with Crippen LogP contribution < -0.4 is 14.8 Å². The molecule has 1 aliphatic heterocycles. The lowest BCUT2D eigenvalue weighted by Crippen LogP contribution is -2.32. The van der Waals surface area contributed by atoms with Crippen LogP contribution in [0.2, 0.25) is 0 Å². The minimum absolute atomic E-state index is 0.231. The molecule has 0 aliphatic carbocycles. The number of benzene rings is 2. The molecule has 0 radical (unpaired) electrons. The molecule has 30 heavy (non-hydrogen) atoms. The molecule has 0 bridgehead atoms. The molecule has 1 N–H and O–H groups in total. The Morgan fingerprint density at radius 2 is 1.77 bits per heavy atom. The van der Waals surface area contributed by atoms with Crippen LogP contribution in [0.3, 0.4) is 0 Å². The summed E-state index contributed by atoms with van der Waals surface area (Å²) in [7, 11) is 3.13. The zero-order valence-corrected chi connectivity index (χ0v) is 17.6. The van der Waals surface area contributed by atoms with E-state index in [9.17, 15) is 4.79 Å². The lowest BCUT2D eigenvalue weighted by molar-refractivity contribution is 0.102. The normalized spacial score (nSPS) is 14.6. The first-order chi connectivity index (χ1) is 14.7. The number of nitrogens with zero attached hydrogens (tertiary/aromatic N) is 3. The van der Waals surface area contributed by atoms with Gasteiger partial charge in [-0.25, -0.2) is 4.98 Å². The number of rotatable bonds is 7. The van der Waals surface area contributed by atoms with E-state index in [1.165, 1.54) is 19.3 Å². The van der Waals surface area contributed by atoms with E-state index in [1.807, 2.05) is 24.3 Å². The summed E-state index contributed by atoms with van der Waals surface area (Å²) in [5.41, 5.74) is 2.39. The van der Waals surface area contributed by atoms with Gasteiger partial charge in [0.05, 0.1) is 25.3 Å². The molecule has 1 aromatic heterocycles. The number of nitrogens with one attached hydrogen (secondary N) is 1. The quantitative estimate of drug-likeness (QED) is 0.644. The Labute approximate surface area is 176 Å². The molecule has 3 aromatic rings. The van der Waals surface area contributed by atoms with E-state index in [2.05, 4.69) is 19.8 Å². The summed E-state index contributed by atoms with van der Waals surface area (Å²) < 4.78 is 12.7. The van der Waals surface area contributed by atoms with Gasteiger partial charge in [-0.2, -0.15) is 0 Å². The Morgan fingerprint density at radius 3 is 2.53 bits per heavy atom. The van der Waals surface area contributed by atoms with Gasteiger partial charge in [-0.3, -0.25) is 10.1 Å². The largest absolute Gasteiger partial charge is 0.493 e. The fourth-order valence-electron chi connectivity index (χ4n) is 3.97. The van der Waals surface area contributed by atoms with Crippen molar-refractivity contribution in [3.8, 4) is 11.5 Å². The number of aromatic nitrogens is 2. The van der Waals surface area contributed by atoms with E-state index in [0.29, 0.717) is 23.0 Å². The van der Waals surface area contributed by atoms with Crippen LogP contribution in [0.25, 0.3) is 11.0 Å². The second-order valence-corrected chi connectivity index (χ2v) is 7.50. The summed E-state index contributed by atoms with van der Waals surface area (Å²) in [5.74, 6) is 1.44.